The van der Waals surface area contributed by atoms with Gasteiger partial charge in [-0.3, -0.25) is 0 Å². The predicted octanol–water partition coefficient (Wildman–Crippen LogP) is 3.29. The molecule has 17 heavy (non-hydrogen) atoms. The van der Waals surface area contributed by atoms with Gasteiger partial charge in [0, 0.05) is 10.5 Å². The molecule has 0 amide bonds. The molecule has 84 valence electrons. The van der Waals surface area contributed by atoms with E-state index in [9.17, 15) is 0 Å². The Morgan fingerprint density at radius 2 is 1.65 bits per heavy atom. The van der Waals surface area contributed by atoms with Crippen LogP contribution in [0.3, 0.4) is 0 Å². The lowest BCUT2D eigenvalue weighted by Crippen LogP contribution is -1.83. The maximum Gasteiger partial charge on any atom is 0.226 e. The lowest BCUT2D eigenvalue weighted by atomic mass is 10.1. The highest BCUT2D eigenvalue weighted by Gasteiger charge is 2.10. The molecule has 0 spiro atoms. The molecule has 0 saturated carbocycles. The lowest BCUT2D eigenvalue weighted by molar-refractivity contribution is 0.571. The molecule has 0 fully saturated rings. The van der Waals surface area contributed by atoms with Crippen LogP contribution < -0.4 is 0 Å². The molecule has 0 bridgehead atoms. The van der Waals surface area contributed by atoms with Crippen molar-refractivity contribution in [2.24, 2.45) is 0 Å². The highest BCUT2D eigenvalue weighted by Crippen LogP contribution is 2.29. The van der Waals surface area contributed by atoms with Crippen molar-refractivity contribution in [3.63, 3.8) is 0 Å². The van der Waals surface area contributed by atoms with E-state index in [1.165, 1.54) is 12.5 Å². The summed E-state index contributed by atoms with van der Waals surface area (Å²) in [5.74, 6) is 1.12. The van der Waals surface area contributed by atoms with Crippen LogP contribution in [0.15, 0.2) is 56.8 Å². The number of oxazole rings is 2. The highest BCUT2D eigenvalue weighted by molar-refractivity contribution is 7.80. The number of aromatic nitrogens is 2. The van der Waals surface area contributed by atoms with Crippen molar-refractivity contribution in [2.45, 2.75) is 4.90 Å². The monoisotopic (exact) mass is 244 g/mol. The van der Waals surface area contributed by atoms with Crippen molar-refractivity contribution in [3.8, 4) is 22.9 Å². The Bertz CT molecular complexity index is 618. The third-order valence-corrected chi connectivity index (χ3v) is 2.71. The molecule has 0 saturated heterocycles. The van der Waals surface area contributed by atoms with Crippen LogP contribution in [0.1, 0.15) is 0 Å². The summed E-state index contributed by atoms with van der Waals surface area (Å²) in [4.78, 5) is 8.93. The molecule has 0 aliphatic heterocycles. The third kappa shape index (κ3) is 1.85. The fourth-order valence-electron chi connectivity index (χ4n) is 1.57. The minimum absolute atomic E-state index is 0.550. The number of benzene rings is 1. The van der Waals surface area contributed by atoms with Gasteiger partial charge < -0.3 is 8.83 Å². The summed E-state index contributed by atoms with van der Waals surface area (Å²) in [6.07, 6.45) is 6.28. The first kappa shape index (κ1) is 10.2. The van der Waals surface area contributed by atoms with Crippen molar-refractivity contribution >= 4 is 12.6 Å². The van der Waals surface area contributed by atoms with Crippen molar-refractivity contribution in [2.75, 3.05) is 0 Å². The zero-order chi connectivity index (χ0) is 11.7. The molecule has 5 heteroatoms. The molecule has 3 rings (SSSR count). The zero-order valence-electron chi connectivity index (χ0n) is 8.70. The van der Waals surface area contributed by atoms with Gasteiger partial charge in [-0.25, -0.2) is 9.97 Å². The molecule has 0 aliphatic rings. The van der Waals surface area contributed by atoms with E-state index in [4.69, 9.17) is 8.83 Å². The first-order valence-corrected chi connectivity index (χ1v) is 5.42. The molecular weight excluding hydrogens is 236 g/mol. The van der Waals surface area contributed by atoms with E-state index < -0.39 is 0 Å². The molecule has 0 atom stereocenters. The van der Waals surface area contributed by atoms with Crippen LogP contribution >= 0.6 is 12.6 Å². The lowest BCUT2D eigenvalue weighted by Gasteiger charge is -2.02. The SMILES string of the molecule is Sc1cc(-c2ncco2)ccc1-c1ncco1. The average Bonchev–Trinajstić information content (AvgIpc) is 3.02. The van der Waals surface area contributed by atoms with Crippen molar-refractivity contribution in [1.82, 2.24) is 9.97 Å². The summed E-state index contributed by atoms with van der Waals surface area (Å²) in [5, 5.41) is 0. The number of hydrogen-bond acceptors (Lipinski definition) is 5. The number of thiol groups is 1. The second kappa shape index (κ2) is 4.10. The molecule has 0 unspecified atom stereocenters. The summed E-state index contributed by atoms with van der Waals surface area (Å²) < 4.78 is 10.5. The van der Waals surface area contributed by atoms with E-state index in [1.807, 2.05) is 18.2 Å². The Morgan fingerprint density at radius 1 is 0.941 bits per heavy atom. The van der Waals surface area contributed by atoms with Gasteiger partial charge in [0.05, 0.1) is 18.0 Å². The number of rotatable bonds is 2. The van der Waals surface area contributed by atoms with E-state index in [2.05, 4.69) is 22.6 Å². The third-order valence-electron chi connectivity index (χ3n) is 2.34. The summed E-state index contributed by atoms with van der Waals surface area (Å²) in [6, 6.07) is 5.65. The van der Waals surface area contributed by atoms with Gasteiger partial charge in [0.15, 0.2) is 0 Å². The standard InChI is InChI=1S/C12H8N2O2S/c17-10-7-8(11-13-3-5-15-11)1-2-9(10)12-14-4-6-16-12/h1-7,17H. The maximum atomic E-state index is 5.23. The second-order valence-corrected chi connectivity index (χ2v) is 3.89. The second-order valence-electron chi connectivity index (χ2n) is 3.41. The van der Waals surface area contributed by atoms with Gasteiger partial charge in [-0.15, -0.1) is 12.6 Å². The molecule has 4 nitrogen and oxygen atoms in total. The molecule has 0 N–H and O–H groups in total. The Hall–Kier alpha value is -2.01. The van der Waals surface area contributed by atoms with Crippen molar-refractivity contribution in [1.29, 1.82) is 0 Å². The van der Waals surface area contributed by atoms with E-state index in [0.717, 1.165) is 16.0 Å². The van der Waals surface area contributed by atoms with Crippen molar-refractivity contribution < 1.29 is 8.83 Å². The first-order chi connectivity index (χ1) is 8.34. The van der Waals surface area contributed by atoms with Crippen LogP contribution in [0.4, 0.5) is 0 Å². The van der Waals surface area contributed by atoms with E-state index in [0.29, 0.717) is 11.8 Å². The normalized spacial score (nSPS) is 10.6. The van der Waals surface area contributed by atoms with Crippen molar-refractivity contribution in [3.05, 3.63) is 43.1 Å². The maximum absolute atomic E-state index is 5.23. The van der Waals surface area contributed by atoms with Crippen LogP contribution in [0.2, 0.25) is 0 Å². The van der Waals surface area contributed by atoms with Crippen LogP contribution in [-0.4, -0.2) is 9.97 Å². The van der Waals surface area contributed by atoms with Crippen LogP contribution in [0.5, 0.6) is 0 Å². The quantitative estimate of drug-likeness (QED) is 0.703. The van der Waals surface area contributed by atoms with E-state index in [1.54, 1.807) is 12.4 Å². The smallest absolute Gasteiger partial charge is 0.226 e. The van der Waals surface area contributed by atoms with Gasteiger partial charge in [0.2, 0.25) is 11.8 Å². The predicted molar refractivity (Wildman–Crippen MR) is 64.7 cm³/mol. The molecule has 0 aliphatic carbocycles. The minimum Gasteiger partial charge on any atom is -0.445 e. The van der Waals surface area contributed by atoms with Gasteiger partial charge in [-0.2, -0.15) is 0 Å². The molecule has 3 aromatic rings. The minimum atomic E-state index is 0.550. The molecule has 0 radical (unpaired) electrons. The first-order valence-electron chi connectivity index (χ1n) is 4.97. The Labute approximate surface area is 103 Å². The fourth-order valence-corrected chi connectivity index (χ4v) is 1.88. The number of hydrogen-bond donors (Lipinski definition) is 1. The summed E-state index contributed by atoms with van der Waals surface area (Å²) >= 11 is 4.42. The van der Waals surface area contributed by atoms with Crippen LogP contribution in [-0.2, 0) is 0 Å². The van der Waals surface area contributed by atoms with Crippen LogP contribution in [0.25, 0.3) is 22.9 Å². The fraction of sp³-hybridized carbons (Fsp3) is 0. The summed E-state index contributed by atoms with van der Waals surface area (Å²) in [5.41, 5.74) is 1.71. The number of nitrogens with zero attached hydrogens (tertiary/aromatic N) is 2. The van der Waals surface area contributed by atoms with E-state index in [-0.39, 0.29) is 0 Å². The molecule has 2 aromatic heterocycles. The van der Waals surface area contributed by atoms with Gasteiger partial charge >= 0.3 is 0 Å². The average molecular weight is 244 g/mol. The van der Waals surface area contributed by atoms with Crippen LogP contribution in [0, 0.1) is 0 Å². The van der Waals surface area contributed by atoms with Gasteiger partial charge in [-0.05, 0) is 18.2 Å². The Kier molecular flexibility index (Phi) is 2.45. The molecule has 1 aromatic carbocycles. The summed E-state index contributed by atoms with van der Waals surface area (Å²) in [7, 11) is 0. The molecule has 2 heterocycles. The topological polar surface area (TPSA) is 52.1 Å². The summed E-state index contributed by atoms with van der Waals surface area (Å²) in [6.45, 7) is 0. The Morgan fingerprint density at radius 3 is 2.24 bits per heavy atom. The van der Waals surface area contributed by atoms with Gasteiger partial charge in [0.1, 0.15) is 12.5 Å². The molecular formula is C12H8N2O2S. The van der Waals surface area contributed by atoms with Gasteiger partial charge in [-0.1, -0.05) is 0 Å². The largest absolute Gasteiger partial charge is 0.445 e. The Balaban J connectivity index is 2.06. The van der Waals surface area contributed by atoms with Gasteiger partial charge in [0.25, 0.3) is 0 Å². The van der Waals surface area contributed by atoms with E-state index >= 15 is 0 Å². The zero-order valence-corrected chi connectivity index (χ0v) is 9.59. The highest BCUT2D eigenvalue weighted by atomic mass is 32.1.